The summed E-state index contributed by atoms with van der Waals surface area (Å²) in [4.78, 5) is 2.37. The fraction of sp³-hybridized carbons (Fsp3) is 0. The molecule has 0 fully saturated rings. The molecule has 0 aliphatic carbocycles. The Kier molecular flexibility index (Phi) is 6.22. The minimum absolute atomic E-state index is 0.888. The molecule has 52 heavy (non-hydrogen) atoms. The second kappa shape index (κ2) is 11.2. The predicted octanol–water partition coefficient (Wildman–Crippen LogP) is 13.7. The highest BCUT2D eigenvalue weighted by atomic mass is 16.3. The Hall–Kier alpha value is -7.04. The molecule has 4 nitrogen and oxygen atoms in total. The molecule has 4 heteroatoms. The van der Waals surface area contributed by atoms with E-state index in [1.165, 1.54) is 10.8 Å². The summed E-state index contributed by atoms with van der Waals surface area (Å²) in [5.41, 5.74) is 12.2. The van der Waals surface area contributed by atoms with Crippen molar-refractivity contribution in [3.63, 3.8) is 0 Å². The Balaban J connectivity index is 1.26. The van der Waals surface area contributed by atoms with Crippen molar-refractivity contribution >= 4 is 82.7 Å². The van der Waals surface area contributed by atoms with E-state index in [-0.39, 0.29) is 0 Å². The number of para-hydroxylation sites is 6. The summed E-state index contributed by atoms with van der Waals surface area (Å²) in [6.07, 6.45) is 0. The summed E-state index contributed by atoms with van der Waals surface area (Å²) in [6, 6.07) is 64.2. The van der Waals surface area contributed by atoms with E-state index >= 15 is 0 Å². The van der Waals surface area contributed by atoms with Crippen LogP contribution in [0.5, 0.6) is 0 Å². The third-order valence-corrected chi connectivity index (χ3v) is 10.4. The van der Waals surface area contributed by atoms with E-state index in [9.17, 15) is 0 Å². The minimum atomic E-state index is 0.888. The molecule has 0 atom stereocenters. The number of anilines is 3. The molecule has 3 aromatic heterocycles. The zero-order valence-corrected chi connectivity index (χ0v) is 28.0. The highest BCUT2D eigenvalue weighted by Crippen LogP contribution is 2.46. The van der Waals surface area contributed by atoms with E-state index in [1.807, 2.05) is 18.2 Å². The molecule has 0 spiro atoms. The van der Waals surface area contributed by atoms with Gasteiger partial charge in [0, 0.05) is 49.3 Å². The van der Waals surface area contributed by atoms with Gasteiger partial charge in [-0.05, 0) is 72.3 Å². The van der Waals surface area contributed by atoms with E-state index < -0.39 is 0 Å². The van der Waals surface area contributed by atoms with E-state index in [0.29, 0.717) is 0 Å². The first-order valence-electron chi connectivity index (χ1n) is 17.6. The van der Waals surface area contributed by atoms with Gasteiger partial charge in [0.1, 0.15) is 22.3 Å². The van der Waals surface area contributed by atoms with Gasteiger partial charge >= 0.3 is 0 Å². The van der Waals surface area contributed by atoms with Crippen LogP contribution in [0.3, 0.4) is 0 Å². The lowest BCUT2D eigenvalue weighted by Crippen LogP contribution is -2.13. The average Bonchev–Trinajstić information content (AvgIpc) is 3.88. The third kappa shape index (κ3) is 4.21. The number of benzene rings is 8. The molecule has 11 aromatic rings. The number of hydrogen-bond acceptors (Lipinski definition) is 3. The van der Waals surface area contributed by atoms with Crippen molar-refractivity contribution < 1.29 is 8.83 Å². The Labute approximate surface area is 299 Å². The Bertz CT molecular complexity index is 3090. The maximum Gasteiger partial charge on any atom is 0.143 e. The molecule has 0 aliphatic heterocycles. The largest absolute Gasteiger partial charge is 0.456 e. The van der Waals surface area contributed by atoms with Gasteiger partial charge in [0.2, 0.25) is 0 Å². The standard InChI is InChI=1S/C48H30N2O2/c1-3-14-32(15-4-1)49(33-16-5-2-6-17-33)42-30-31(34-21-13-22-36-35-18-8-11-24-43(35)52-48(34)36)26-27-40(42)50-39-23-10-7-19-37(39)46-41(50)28-29-45-47(46)38-20-9-12-25-44(38)51-45/h1-30H. The van der Waals surface area contributed by atoms with E-state index in [0.717, 1.165) is 88.8 Å². The Morgan fingerprint density at radius 3 is 1.81 bits per heavy atom. The minimum Gasteiger partial charge on any atom is -0.456 e. The fourth-order valence-corrected chi connectivity index (χ4v) is 8.15. The summed E-state index contributed by atoms with van der Waals surface area (Å²) in [7, 11) is 0. The van der Waals surface area contributed by atoms with Crippen LogP contribution in [-0.2, 0) is 0 Å². The van der Waals surface area contributed by atoms with Crippen LogP contribution in [0.1, 0.15) is 0 Å². The van der Waals surface area contributed by atoms with Crippen molar-refractivity contribution in [3.05, 3.63) is 182 Å². The molecule has 0 bridgehead atoms. The molecule has 3 heterocycles. The van der Waals surface area contributed by atoms with Crippen molar-refractivity contribution in [2.45, 2.75) is 0 Å². The van der Waals surface area contributed by atoms with Crippen LogP contribution in [0.25, 0.3) is 82.5 Å². The van der Waals surface area contributed by atoms with Crippen LogP contribution in [0.15, 0.2) is 191 Å². The quantitative estimate of drug-likeness (QED) is 0.183. The van der Waals surface area contributed by atoms with Gasteiger partial charge in [-0.15, -0.1) is 0 Å². The van der Waals surface area contributed by atoms with Gasteiger partial charge in [0.05, 0.1) is 22.4 Å². The molecule has 244 valence electrons. The molecule has 0 saturated carbocycles. The molecule has 0 N–H and O–H groups in total. The fourth-order valence-electron chi connectivity index (χ4n) is 8.15. The van der Waals surface area contributed by atoms with E-state index in [4.69, 9.17) is 8.83 Å². The van der Waals surface area contributed by atoms with Gasteiger partial charge in [0.25, 0.3) is 0 Å². The highest BCUT2D eigenvalue weighted by Gasteiger charge is 2.24. The number of fused-ring (bicyclic) bond motifs is 10. The summed E-state index contributed by atoms with van der Waals surface area (Å²) >= 11 is 0. The summed E-state index contributed by atoms with van der Waals surface area (Å²) in [5, 5.41) is 6.86. The lowest BCUT2D eigenvalue weighted by molar-refractivity contribution is 0.669. The summed E-state index contributed by atoms with van der Waals surface area (Å²) < 4.78 is 15.4. The molecule has 0 amide bonds. The lowest BCUT2D eigenvalue weighted by atomic mass is 10.00. The second-order valence-electron chi connectivity index (χ2n) is 13.3. The molecule has 0 radical (unpaired) electrons. The van der Waals surface area contributed by atoms with Crippen molar-refractivity contribution in [2.24, 2.45) is 0 Å². The monoisotopic (exact) mass is 666 g/mol. The van der Waals surface area contributed by atoms with Gasteiger partial charge in [-0.25, -0.2) is 0 Å². The molecule has 0 saturated heterocycles. The van der Waals surface area contributed by atoms with Crippen LogP contribution in [0.2, 0.25) is 0 Å². The summed E-state index contributed by atoms with van der Waals surface area (Å²) in [5.74, 6) is 0. The molecule has 11 rings (SSSR count). The molecular weight excluding hydrogens is 637 g/mol. The number of rotatable bonds is 5. The van der Waals surface area contributed by atoms with Crippen LogP contribution in [0, 0.1) is 0 Å². The second-order valence-corrected chi connectivity index (χ2v) is 13.3. The zero-order chi connectivity index (χ0) is 34.2. The first-order valence-corrected chi connectivity index (χ1v) is 17.6. The first kappa shape index (κ1) is 28.8. The smallest absolute Gasteiger partial charge is 0.143 e. The normalized spacial score (nSPS) is 11.8. The van der Waals surface area contributed by atoms with Crippen molar-refractivity contribution in [3.8, 4) is 16.8 Å². The topological polar surface area (TPSA) is 34.5 Å². The van der Waals surface area contributed by atoms with Gasteiger partial charge in [-0.2, -0.15) is 0 Å². The van der Waals surface area contributed by atoms with Gasteiger partial charge in [0.15, 0.2) is 0 Å². The van der Waals surface area contributed by atoms with E-state index in [2.05, 4.69) is 173 Å². The van der Waals surface area contributed by atoms with Crippen molar-refractivity contribution in [1.29, 1.82) is 0 Å². The Morgan fingerprint density at radius 1 is 0.404 bits per heavy atom. The first-order chi connectivity index (χ1) is 25.8. The number of aromatic nitrogens is 1. The lowest BCUT2D eigenvalue weighted by Gasteiger charge is -2.29. The average molecular weight is 667 g/mol. The van der Waals surface area contributed by atoms with Gasteiger partial charge < -0.3 is 18.3 Å². The molecule has 8 aromatic carbocycles. The number of hydrogen-bond donors (Lipinski definition) is 0. The highest BCUT2D eigenvalue weighted by molar-refractivity contribution is 6.27. The summed E-state index contributed by atoms with van der Waals surface area (Å²) in [6.45, 7) is 0. The molecule has 0 aliphatic rings. The molecule has 0 unspecified atom stereocenters. The SMILES string of the molecule is c1ccc(N(c2ccccc2)c2cc(-c3cccc4c3oc3ccccc34)ccc2-n2c3ccccc3c3c4c(ccc32)oc2ccccc24)cc1. The van der Waals surface area contributed by atoms with Crippen molar-refractivity contribution in [1.82, 2.24) is 4.57 Å². The third-order valence-electron chi connectivity index (χ3n) is 10.4. The number of nitrogens with zero attached hydrogens (tertiary/aromatic N) is 2. The van der Waals surface area contributed by atoms with Gasteiger partial charge in [-0.1, -0.05) is 115 Å². The zero-order valence-electron chi connectivity index (χ0n) is 28.0. The number of furan rings is 2. The Morgan fingerprint density at radius 2 is 1.04 bits per heavy atom. The predicted molar refractivity (Wildman–Crippen MR) is 215 cm³/mol. The van der Waals surface area contributed by atoms with Gasteiger partial charge in [-0.3, -0.25) is 0 Å². The van der Waals surface area contributed by atoms with Crippen LogP contribution < -0.4 is 4.90 Å². The maximum absolute atomic E-state index is 6.57. The van der Waals surface area contributed by atoms with Crippen LogP contribution in [0.4, 0.5) is 17.1 Å². The molecular formula is C48H30N2O2. The van der Waals surface area contributed by atoms with Crippen LogP contribution in [-0.4, -0.2) is 4.57 Å². The van der Waals surface area contributed by atoms with Crippen LogP contribution >= 0.6 is 0 Å². The van der Waals surface area contributed by atoms with Crippen molar-refractivity contribution in [2.75, 3.05) is 4.90 Å². The van der Waals surface area contributed by atoms with E-state index in [1.54, 1.807) is 0 Å². The maximum atomic E-state index is 6.57.